The molecule has 0 amide bonds. The number of hydrogen-bond donors (Lipinski definition) is 0. The van der Waals surface area contributed by atoms with Gasteiger partial charge in [0, 0.05) is 13.2 Å². The molecule has 0 atom stereocenters. The summed E-state index contributed by atoms with van der Waals surface area (Å²) in [6, 6.07) is 2.15. The van der Waals surface area contributed by atoms with Crippen molar-refractivity contribution in [3.63, 3.8) is 0 Å². The Hall–Kier alpha value is -0.370. The Morgan fingerprint density at radius 2 is 2.30 bits per heavy atom. The van der Waals surface area contributed by atoms with Crippen LogP contribution in [0.4, 0.5) is 0 Å². The van der Waals surface area contributed by atoms with E-state index in [0.717, 1.165) is 5.75 Å². The van der Waals surface area contributed by atoms with Crippen molar-refractivity contribution in [1.82, 2.24) is 4.57 Å². The second-order valence-electron chi connectivity index (χ2n) is 2.35. The van der Waals surface area contributed by atoms with Crippen LogP contribution in [0.15, 0.2) is 17.3 Å². The number of thioether (sulfide) groups is 1. The summed E-state index contributed by atoms with van der Waals surface area (Å²) in [6.45, 7) is 4.33. The summed E-state index contributed by atoms with van der Waals surface area (Å²) in [6.07, 6.45) is 2.10. The summed E-state index contributed by atoms with van der Waals surface area (Å²) in [5.74, 6) is 1.15. The van der Waals surface area contributed by atoms with E-state index in [9.17, 15) is 0 Å². The van der Waals surface area contributed by atoms with Crippen LogP contribution in [0.25, 0.3) is 0 Å². The summed E-state index contributed by atoms with van der Waals surface area (Å²) >= 11 is 1.90. The summed E-state index contributed by atoms with van der Waals surface area (Å²) in [7, 11) is 2.09. The van der Waals surface area contributed by atoms with E-state index in [0.29, 0.717) is 0 Å². The zero-order valence-corrected chi connectivity index (χ0v) is 7.53. The van der Waals surface area contributed by atoms with Gasteiger partial charge in [0.05, 0.1) is 5.03 Å². The lowest BCUT2D eigenvalue weighted by molar-refractivity contribution is 0.821. The third kappa shape index (κ3) is 1.37. The van der Waals surface area contributed by atoms with Crippen LogP contribution >= 0.6 is 11.8 Å². The van der Waals surface area contributed by atoms with E-state index in [1.54, 1.807) is 0 Å². The molecule has 10 heavy (non-hydrogen) atoms. The fourth-order valence-corrected chi connectivity index (χ4v) is 1.83. The molecule has 0 N–H and O–H groups in total. The van der Waals surface area contributed by atoms with Gasteiger partial charge in [-0.1, -0.05) is 6.92 Å². The molecule has 0 unspecified atom stereocenters. The Morgan fingerprint density at radius 3 is 2.70 bits per heavy atom. The molecule has 1 aromatic heterocycles. The summed E-state index contributed by atoms with van der Waals surface area (Å²) in [4.78, 5) is 0. The van der Waals surface area contributed by atoms with Gasteiger partial charge in [-0.25, -0.2) is 0 Å². The second-order valence-corrected chi connectivity index (χ2v) is 3.60. The highest BCUT2D eigenvalue weighted by molar-refractivity contribution is 7.99. The van der Waals surface area contributed by atoms with Gasteiger partial charge in [0.1, 0.15) is 0 Å². The number of rotatable bonds is 2. The average Bonchev–Trinajstić information content (AvgIpc) is 2.20. The molecule has 0 fully saturated rings. The van der Waals surface area contributed by atoms with Gasteiger partial charge in [-0.2, -0.15) is 0 Å². The highest BCUT2D eigenvalue weighted by Crippen LogP contribution is 2.21. The van der Waals surface area contributed by atoms with E-state index < -0.39 is 0 Å². The first kappa shape index (κ1) is 7.73. The molecule has 56 valence electrons. The van der Waals surface area contributed by atoms with Crippen LogP contribution in [0, 0.1) is 6.92 Å². The molecule has 0 aliphatic rings. The molecule has 0 aliphatic carbocycles. The van der Waals surface area contributed by atoms with Gasteiger partial charge >= 0.3 is 0 Å². The molecule has 2 heteroatoms. The van der Waals surface area contributed by atoms with E-state index in [1.165, 1.54) is 10.6 Å². The van der Waals surface area contributed by atoms with E-state index in [4.69, 9.17) is 0 Å². The Kier molecular flexibility index (Phi) is 2.44. The number of nitrogens with zero attached hydrogens (tertiary/aromatic N) is 1. The molecular formula is C8H13NS. The standard InChI is InChI=1S/C8H13NS/c1-4-10-8-7(2)5-6-9(8)3/h5-6H,4H2,1-3H3. The molecule has 0 spiro atoms. The molecule has 0 aliphatic heterocycles. The Bertz CT molecular complexity index is 196. The monoisotopic (exact) mass is 155 g/mol. The van der Waals surface area contributed by atoms with Crippen LogP contribution in [0.5, 0.6) is 0 Å². The van der Waals surface area contributed by atoms with E-state index in [1.807, 2.05) is 11.8 Å². The largest absolute Gasteiger partial charge is 0.346 e. The molecule has 0 saturated heterocycles. The molecule has 0 bridgehead atoms. The normalized spacial score (nSPS) is 10.3. The minimum Gasteiger partial charge on any atom is -0.346 e. The predicted molar refractivity (Wildman–Crippen MR) is 46.5 cm³/mol. The fraction of sp³-hybridized carbons (Fsp3) is 0.500. The van der Waals surface area contributed by atoms with Crippen molar-refractivity contribution in [3.05, 3.63) is 17.8 Å². The number of hydrogen-bond acceptors (Lipinski definition) is 1. The Labute approximate surface area is 66.4 Å². The molecule has 1 heterocycles. The lowest BCUT2D eigenvalue weighted by Crippen LogP contribution is -1.88. The van der Waals surface area contributed by atoms with Crippen LogP contribution < -0.4 is 0 Å². The highest BCUT2D eigenvalue weighted by atomic mass is 32.2. The van der Waals surface area contributed by atoms with Crippen LogP contribution in [-0.4, -0.2) is 10.3 Å². The third-order valence-electron chi connectivity index (χ3n) is 1.49. The van der Waals surface area contributed by atoms with Crippen molar-refractivity contribution in [2.75, 3.05) is 5.75 Å². The van der Waals surface area contributed by atoms with E-state index in [2.05, 4.69) is 37.7 Å². The second kappa shape index (κ2) is 3.15. The van der Waals surface area contributed by atoms with Crippen molar-refractivity contribution in [3.8, 4) is 0 Å². The molecule has 1 nitrogen and oxygen atoms in total. The van der Waals surface area contributed by atoms with E-state index >= 15 is 0 Å². The van der Waals surface area contributed by atoms with Gasteiger partial charge in [0.25, 0.3) is 0 Å². The van der Waals surface area contributed by atoms with Crippen molar-refractivity contribution in [1.29, 1.82) is 0 Å². The summed E-state index contributed by atoms with van der Waals surface area (Å²) in [5, 5.41) is 1.39. The molecule has 1 rings (SSSR count). The van der Waals surface area contributed by atoms with Crippen LogP contribution in [-0.2, 0) is 7.05 Å². The first-order valence-corrected chi connectivity index (χ1v) is 4.49. The van der Waals surface area contributed by atoms with Crippen molar-refractivity contribution in [2.45, 2.75) is 18.9 Å². The fourth-order valence-electron chi connectivity index (χ4n) is 0.993. The molecule has 1 aromatic rings. The van der Waals surface area contributed by atoms with Gasteiger partial charge < -0.3 is 4.57 Å². The quantitative estimate of drug-likeness (QED) is 0.594. The number of aromatic nitrogens is 1. The van der Waals surface area contributed by atoms with Gasteiger partial charge in [-0.05, 0) is 24.3 Å². The zero-order valence-electron chi connectivity index (χ0n) is 6.72. The Morgan fingerprint density at radius 1 is 1.60 bits per heavy atom. The maximum Gasteiger partial charge on any atom is 0.0774 e. The maximum atomic E-state index is 2.18. The molecule has 0 radical (unpaired) electrons. The minimum absolute atomic E-state index is 1.15. The number of aryl methyl sites for hydroxylation is 2. The van der Waals surface area contributed by atoms with Crippen molar-refractivity contribution < 1.29 is 0 Å². The van der Waals surface area contributed by atoms with E-state index in [-0.39, 0.29) is 0 Å². The minimum atomic E-state index is 1.15. The molecule has 0 aromatic carbocycles. The van der Waals surface area contributed by atoms with Gasteiger partial charge in [-0.3, -0.25) is 0 Å². The van der Waals surface area contributed by atoms with Gasteiger partial charge in [0.2, 0.25) is 0 Å². The van der Waals surface area contributed by atoms with Crippen LogP contribution in [0.3, 0.4) is 0 Å². The average molecular weight is 155 g/mol. The lowest BCUT2D eigenvalue weighted by Gasteiger charge is -2.00. The maximum absolute atomic E-state index is 2.18. The Balaban J connectivity index is 2.87. The highest BCUT2D eigenvalue weighted by Gasteiger charge is 2.00. The van der Waals surface area contributed by atoms with Crippen LogP contribution in [0.2, 0.25) is 0 Å². The lowest BCUT2D eigenvalue weighted by atomic mass is 10.4. The smallest absolute Gasteiger partial charge is 0.0774 e. The molecule has 0 saturated carbocycles. The summed E-state index contributed by atoms with van der Waals surface area (Å²) in [5.41, 5.74) is 1.38. The van der Waals surface area contributed by atoms with Crippen molar-refractivity contribution in [2.24, 2.45) is 7.05 Å². The molecular weight excluding hydrogens is 142 g/mol. The topological polar surface area (TPSA) is 4.93 Å². The van der Waals surface area contributed by atoms with Gasteiger partial charge in [-0.15, -0.1) is 11.8 Å². The zero-order chi connectivity index (χ0) is 7.56. The van der Waals surface area contributed by atoms with Crippen LogP contribution in [0.1, 0.15) is 12.5 Å². The van der Waals surface area contributed by atoms with Gasteiger partial charge in [0.15, 0.2) is 0 Å². The predicted octanol–water partition coefficient (Wildman–Crippen LogP) is 2.45. The summed E-state index contributed by atoms with van der Waals surface area (Å²) < 4.78 is 2.17. The SMILES string of the molecule is CCSc1c(C)ccn1C. The van der Waals surface area contributed by atoms with Crippen molar-refractivity contribution >= 4 is 11.8 Å². The first-order valence-electron chi connectivity index (χ1n) is 3.50. The third-order valence-corrected chi connectivity index (χ3v) is 2.66. The first-order chi connectivity index (χ1) is 4.75.